The van der Waals surface area contributed by atoms with Crippen LogP contribution in [-0.4, -0.2) is 15.8 Å². The third-order valence-corrected chi connectivity index (χ3v) is 2.64. The Morgan fingerprint density at radius 2 is 2.15 bits per heavy atom. The van der Waals surface area contributed by atoms with Crippen molar-refractivity contribution in [1.29, 1.82) is 0 Å². The van der Waals surface area contributed by atoms with Gasteiger partial charge in [0.05, 0.1) is 4.92 Å². The van der Waals surface area contributed by atoms with Crippen molar-refractivity contribution in [2.45, 2.75) is 6.92 Å². The summed E-state index contributed by atoms with van der Waals surface area (Å²) in [4.78, 5) is 25.7. The Labute approximate surface area is 113 Å². The lowest BCUT2D eigenvalue weighted by Crippen LogP contribution is -2.15. The summed E-state index contributed by atoms with van der Waals surface area (Å²) in [6.45, 7) is 1.59. The fourth-order valence-corrected chi connectivity index (χ4v) is 1.63. The molecule has 0 radical (unpaired) electrons. The lowest BCUT2D eigenvalue weighted by molar-refractivity contribution is -0.385. The molecule has 102 valence electrons. The third kappa shape index (κ3) is 2.77. The van der Waals surface area contributed by atoms with Crippen molar-refractivity contribution >= 4 is 17.3 Å². The number of nitro benzene ring substituents is 1. The van der Waals surface area contributed by atoms with Crippen molar-refractivity contribution < 1.29 is 14.1 Å². The first-order chi connectivity index (χ1) is 9.49. The Balaban J connectivity index is 2.27. The number of benzene rings is 1. The van der Waals surface area contributed by atoms with E-state index < -0.39 is 16.6 Å². The Hall–Kier alpha value is -2.83. The number of rotatable bonds is 3. The van der Waals surface area contributed by atoms with Crippen molar-refractivity contribution in [2.24, 2.45) is 0 Å². The predicted octanol–water partition coefficient (Wildman–Crippen LogP) is 2.69. The van der Waals surface area contributed by atoms with Crippen LogP contribution in [0.4, 0.5) is 15.8 Å². The molecule has 0 aliphatic carbocycles. The van der Waals surface area contributed by atoms with Crippen LogP contribution in [0, 0.1) is 22.9 Å². The van der Waals surface area contributed by atoms with E-state index in [1.807, 2.05) is 0 Å². The van der Waals surface area contributed by atoms with Gasteiger partial charge in [0.2, 0.25) is 0 Å². The molecule has 2 aromatic rings. The monoisotopic (exact) mass is 275 g/mol. The zero-order valence-corrected chi connectivity index (χ0v) is 10.5. The number of anilines is 1. The van der Waals surface area contributed by atoms with Crippen molar-refractivity contribution in [3.8, 4) is 0 Å². The molecular formula is C13H10FN3O3. The fourth-order valence-electron chi connectivity index (χ4n) is 1.63. The molecule has 0 spiro atoms. The highest BCUT2D eigenvalue weighted by Gasteiger charge is 2.15. The van der Waals surface area contributed by atoms with E-state index in [9.17, 15) is 19.3 Å². The minimum atomic E-state index is -0.763. The maximum atomic E-state index is 13.4. The highest BCUT2D eigenvalue weighted by atomic mass is 19.1. The van der Waals surface area contributed by atoms with Crippen LogP contribution in [0.1, 0.15) is 16.1 Å². The smallest absolute Gasteiger partial charge is 0.277 e. The topological polar surface area (TPSA) is 85.1 Å². The molecule has 6 nitrogen and oxygen atoms in total. The van der Waals surface area contributed by atoms with Crippen LogP contribution >= 0.6 is 0 Å². The second-order valence-corrected chi connectivity index (χ2v) is 4.05. The van der Waals surface area contributed by atoms with Crippen LogP contribution in [0.2, 0.25) is 0 Å². The zero-order chi connectivity index (χ0) is 14.7. The van der Waals surface area contributed by atoms with Crippen LogP contribution in [0.25, 0.3) is 0 Å². The average molecular weight is 275 g/mol. The molecule has 1 amide bonds. The number of aryl methyl sites for hydroxylation is 1. The molecule has 0 aliphatic rings. The summed E-state index contributed by atoms with van der Waals surface area (Å²) in [5, 5.41) is 13.2. The van der Waals surface area contributed by atoms with Gasteiger partial charge in [0.15, 0.2) is 11.5 Å². The van der Waals surface area contributed by atoms with Gasteiger partial charge >= 0.3 is 0 Å². The van der Waals surface area contributed by atoms with E-state index in [1.165, 1.54) is 30.5 Å². The second kappa shape index (κ2) is 5.43. The van der Waals surface area contributed by atoms with E-state index in [0.717, 1.165) is 6.07 Å². The summed E-state index contributed by atoms with van der Waals surface area (Å²) >= 11 is 0. The van der Waals surface area contributed by atoms with Gasteiger partial charge in [-0.05, 0) is 25.1 Å². The van der Waals surface area contributed by atoms with Crippen LogP contribution in [0.5, 0.6) is 0 Å². The first-order valence-corrected chi connectivity index (χ1v) is 5.66. The largest absolute Gasteiger partial charge is 0.320 e. The van der Waals surface area contributed by atoms with Gasteiger partial charge in [-0.2, -0.15) is 0 Å². The summed E-state index contributed by atoms with van der Waals surface area (Å²) in [7, 11) is 0. The molecule has 0 fully saturated rings. The summed E-state index contributed by atoms with van der Waals surface area (Å²) in [5.74, 6) is -1.52. The molecule has 0 aliphatic heterocycles. The average Bonchev–Trinajstić information content (AvgIpc) is 2.41. The normalized spacial score (nSPS) is 10.1. The van der Waals surface area contributed by atoms with Crippen molar-refractivity contribution in [2.75, 3.05) is 5.32 Å². The van der Waals surface area contributed by atoms with Gasteiger partial charge in [0, 0.05) is 23.5 Å². The van der Waals surface area contributed by atoms with Gasteiger partial charge in [-0.3, -0.25) is 14.9 Å². The van der Waals surface area contributed by atoms with Crippen LogP contribution < -0.4 is 5.32 Å². The first kappa shape index (κ1) is 13.6. The SMILES string of the molecule is Cc1ccc(NC(=O)c2ncccc2F)cc1[N+](=O)[O-]. The number of nitrogens with one attached hydrogen (secondary N) is 1. The minimum Gasteiger partial charge on any atom is -0.320 e. The molecular weight excluding hydrogens is 265 g/mol. The maximum Gasteiger partial charge on any atom is 0.277 e. The molecule has 0 saturated carbocycles. The van der Waals surface area contributed by atoms with E-state index in [0.29, 0.717) is 5.56 Å². The molecule has 0 bridgehead atoms. The standard InChI is InChI=1S/C13H10FN3O3/c1-8-4-5-9(7-11(8)17(19)20)16-13(18)12-10(14)3-2-6-15-12/h2-7H,1H3,(H,16,18). The summed E-state index contributed by atoms with van der Waals surface area (Å²) in [5.41, 5.74) is 0.189. The highest BCUT2D eigenvalue weighted by molar-refractivity contribution is 6.03. The summed E-state index contributed by atoms with van der Waals surface area (Å²) < 4.78 is 13.4. The number of pyridine rings is 1. The minimum absolute atomic E-state index is 0.121. The van der Waals surface area contributed by atoms with E-state index in [1.54, 1.807) is 6.92 Å². The molecule has 1 aromatic carbocycles. The third-order valence-electron chi connectivity index (χ3n) is 2.64. The quantitative estimate of drug-likeness (QED) is 0.689. The number of carbonyl (C=O) groups is 1. The Morgan fingerprint density at radius 1 is 1.40 bits per heavy atom. The fraction of sp³-hybridized carbons (Fsp3) is 0.0769. The molecule has 0 saturated heterocycles. The van der Waals surface area contributed by atoms with Gasteiger partial charge in [-0.25, -0.2) is 9.37 Å². The van der Waals surface area contributed by atoms with Crippen molar-refractivity contribution in [3.05, 3.63) is 63.7 Å². The van der Waals surface area contributed by atoms with Gasteiger partial charge in [-0.15, -0.1) is 0 Å². The van der Waals surface area contributed by atoms with Crippen LogP contribution in [0.15, 0.2) is 36.5 Å². The predicted molar refractivity (Wildman–Crippen MR) is 70.0 cm³/mol. The molecule has 7 heteroatoms. The number of aromatic nitrogens is 1. The number of carbonyl (C=O) groups excluding carboxylic acids is 1. The molecule has 1 aromatic heterocycles. The zero-order valence-electron chi connectivity index (χ0n) is 10.5. The lowest BCUT2D eigenvalue weighted by Gasteiger charge is -2.06. The Kier molecular flexibility index (Phi) is 3.69. The number of nitrogens with zero attached hydrogens (tertiary/aromatic N) is 2. The molecule has 1 N–H and O–H groups in total. The Morgan fingerprint density at radius 3 is 2.80 bits per heavy atom. The molecule has 1 heterocycles. The van der Waals surface area contributed by atoms with Crippen molar-refractivity contribution in [1.82, 2.24) is 4.98 Å². The number of halogens is 1. The highest BCUT2D eigenvalue weighted by Crippen LogP contribution is 2.22. The number of hydrogen-bond donors (Lipinski definition) is 1. The summed E-state index contributed by atoms with van der Waals surface area (Å²) in [6, 6.07) is 6.69. The van der Waals surface area contributed by atoms with E-state index in [-0.39, 0.29) is 17.1 Å². The van der Waals surface area contributed by atoms with Crippen LogP contribution in [-0.2, 0) is 0 Å². The lowest BCUT2D eigenvalue weighted by atomic mass is 10.2. The van der Waals surface area contributed by atoms with Gasteiger partial charge in [-0.1, -0.05) is 6.07 Å². The number of nitro groups is 1. The van der Waals surface area contributed by atoms with Gasteiger partial charge in [0.1, 0.15) is 0 Å². The van der Waals surface area contributed by atoms with E-state index in [4.69, 9.17) is 0 Å². The van der Waals surface area contributed by atoms with E-state index >= 15 is 0 Å². The summed E-state index contributed by atoms with van der Waals surface area (Å²) in [6.07, 6.45) is 1.29. The second-order valence-electron chi connectivity index (χ2n) is 4.05. The maximum absolute atomic E-state index is 13.4. The molecule has 20 heavy (non-hydrogen) atoms. The van der Waals surface area contributed by atoms with Crippen molar-refractivity contribution in [3.63, 3.8) is 0 Å². The van der Waals surface area contributed by atoms with Crippen LogP contribution in [0.3, 0.4) is 0 Å². The number of hydrogen-bond acceptors (Lipinski definition) is 4. The van der Waals surface area contributed by atoms with Gasteiger partial charge < -0.3 is 5.32 Å². The molecule has 0 unspecified atom stereocenters. The molecule has 2 rings (SSSR count). The van der Waals surface area contributed by atoms with E-state index in [2.05, 4.69) is 10.3 Å². The molecule has 0 atom stereocenters. The van der Waals surface area contributed by atoms with Gasteiger partial charge in [0.25, 0.3) is 11.6 Å². The first-order valence-electron chi connectivity index (χ1n) is 5.66. The Bertz CT molecular complexity index is 688. The number of amides is 1.